The highest BCUT2D eigenvalue weighted by Gasteiger charge is 2.21. The van der Waals surface area contributed by atoms with E-state index < -0.39 is 0 Å². The van der Waals surface area contributed by atoms with Crippen molar-refractivity contribution in [1.82, 2.24) is 24.6 Å². The molecule has 0 aliphatic carbocycles. The summed E-state index contributed by atoms with van der Waals surface area (Å²) in [7, 11) is 1.67. The molecule has 1 saturated heterocycles. The number of fused-ring (bicyclic) bond motifs is 1. The van der Waals surface area contributed by atoms with Crippen molar-refractivity contribution in [2.75, 3.05) is 56.7 Å². The first-order valence-corrected chi connectivity index (χ1v) is 10.4. The fourth-order valence-corrected chi connectivity index (χ4v) is 3.69. The van der Waals surface area contributed by atoms with Crippen molar-refractivity contribution < 1.29 is 9.84 Å². The highest BCUT2D eigenvalue weighted by Crippen LogP contribution is 2.25. The first kappa shape index (κ1) is 20.4. The largest absolute Gasteiger partial charge is 0.497 e. The maximum absolute atomic E-state index is 9.17. The summed E-state index contributed by atoms with van der Waals surface area (Å²) in [5.41, 5.74) is 1.99. The van der Waals surface area contributed by atoms with Crippen molar-refractivity contribution >= 4 is 22.8 Å². The number of rotatable bonds is 8. The standard InChI is InChI=1S/C21H29N7O2/c1-3-28-20-18(15-23-28)19(22-14-16-4-6-17(30-2)7-5-16)24-21(25-20)27-10-8-26(9-11-27)12-13-29/h4-7,15,29H,3,8-14H2,1-2H3,(H,22,24,25). The maximum atomic E-state index is 9.17. The minimum atomic E-state index is 0.192. The van der Waals surface area contributed by atoms with E-state index in [0.29, 0.717) is 13.1 Å². The quantitative estimate of drug-likeness (QED) is 0.577. The molecule has 1 aliphatic heterocycles. The number of piperazine rings is 1. The van der Waals surface area contributed by atoms with Crippen LogP contribution in [0.5, 0.6) is 5.75 Å². The fourth-order valence-electron chi connectivity index (χ4n) is 3.69. The summed E-state index contributed by atoms with van der Waals surface area (Å²) < 4.78 is 7.14. The predicted octanol–water partition coefficient (Wildman–Crippen LogP) is 1.58. The van der Waals surface area contributed by atoms with Gasteiger partial charge in [-0.1, -0.05) is 12.1 Å². The Kier molecular flexibility index (Phi) is 6.29. The number of anilines is 2. The summed E-state index contributed by atoms with van der Waals surface area (Å²) in [4.78, 5) is 14.1. The highest BCUT2D eigenvalue weighted by molar-refractivity contribution is 5.87. The number of ether oxygens (including phenoxy) is 1. The number of nitrogens with zero attached hydrogens (tertiary/aromatic N) is 6. The Morgan fingerprint density at radius 1 is 1.10 bits per heavy atom. The second-order valence-electron chi connectivity index (χ2n) is 7.32. The first-order valence-electron chi connectivity index (χ1n) is 10.4. The van der Waals surface area contributed by atoms with Crippen LogP contribution < -0.4 is 15.0 Å². The molecular formula is C21H29N7O2. The lowest BCUT2D eigenvalue weighted by Gasteiger charge is -2.34. The Balaban J connectivity index is 1.57. The molecule has 0 spiro atoms. The number of aliphatic hydroxyl groups excluding tert-OH is 1. The molecule has 9 heteroatoms. The molecule has 1 aromatic carbocycles. The van der Waals surface area contributed by atoms with Crippen molar-refractivity contribution in [2.45, 2.75) is 20.0 Å². The molecule has 30 heavy (non-hydrogen) atoms. The molecule has 0 amide bonds. The Labute approximate surface area is 176 Å². The third-order valence-electron chi connectivity index (χ3n) is 5.47. The normalized spacial score (nSPS) is 15.0. The topological polar surface area (TPSA) is 91.6 Å². The number of aliphatic hydroxyl groups is 1. The van der Waals surface area contributed by atoms with Crippen LogP contribution in [0.1, 0.15) is 12.5 Å². The van der Waals surface area contributed by atoms with Gasteiger partial charge >= 0.3 is 0 Å². The third kappa shape index (κ3) is 4.31. The summed E-state index contributed by atoms with van der Waals surface area (Å²) in [5.74, 6) is 2.36. The van der Waals surface area contributed by atoms with E-state index in [2.05, 4.69) is 27.1 Å². The van der Waals surface area contributed by atoms with Gasteiger partial charge < -0.3 is 20.1 Å². The van der Waals surface area contributed by atoms with Gasteiger partial charge in [0.25, 0.3) is 0 Å². The molecule has 9 nitrogen and oxygen atoms in total. The number of methoxy groups -OCH3 is 1. The lowest BCUT2D eigenvalue weighted by Crippen LogP contribution is -2.47. The van der Waals surface area contributed by atoms with Crippen molar-refractivity contribution in [2.24, 2.45) is 0 Å². The van der Waals surface area contributed by atoms with E-state index in [9.17, 15) is 0 Å². The van der Waals surface area contributed by atoms with Crippen LogP contribution in [0.3, 0.4) is 0 Å². The number of hydrogen-bond acceptors (Lipinski definition) is 8. The van der Waals surface area contributed by atoms with Gasteiger partial charge in [0.1, 0.15) is 11.6 Å². The lowest BCUT2D eigenvalue weighted by molar-refractivity contribution is 0.188. The number of hydrogen-bond donors (Lipinski definition) is 2. The lowest BCUT2D eigenvalue weighted by atomic mass is 10.2. The van der Waals surface area contributed by atoms with Crippen LogP contribution in [0.15, 0.2) is 30.5 Å². The monoisotopic (exact) mass is 411 g/mol. The Morgan fingerprint density at radius 2 is 1.87 bits per heavy atom. The Hall–Kier alpha value is -2.91. The van der Waals surface area contributed by atoms with Gasteiger partial charge in [-0.2, -0.15) is 15.1 Å². The molecular weight excluding hydrogens is 382 g/mol. The molecule has 0 saturated carbocycles. The fraction of sp³-hybridized carbons (Fsp3) is 0.476. The van der Waals surface area contributed by atoms with E-state index in [1.165, 1.54) is 0 Å². The van der Waals surface area contributed by atoms with Crippen molar-refractivity contribution in [1.29, 1.82) is 0 Å². The molecule has 2 N–H and O–H groups in total. The zero-order valence-electron chi connectivity index (χ0n) is 17.6. The van der Waals surface area contributed by atoms with Gasteiger partial charge in [-0.15, -0.1) is 0 Å². The van der Waals surface area contributed by atoms with E-state index in [1.807, 2.05) is 35.1 Å². The second-order valence-corrected chi connectivity index (χ2v) is 7.32. The molecule has 0 bridgehead atoms. The summed E-state index contributed by atoms with van der Waals surface area (Å²) in [5, 5.41) is 18.0. The summed E-state index contributed by atoms with van der Waals surface area (Å²) in [6, 6.07) is 8.00. The van der Waals surface area contributed by atoms with Gasteiger partial charge in [-0.3, -0.25) is 4.90 Å². The predicted molar refractivity (Wildman–Crippen MR) is 117 cm³/mol. The average Bonchev–Trinajstić information content (AvgIpc) is 3.22. The van der Waals surface area contributed by atoms with Gasteiger partial charge in [0.05, 0.1) is 25.3 Å². The molecule has 3 heterocycles. The highest BCUT2D eigenvalue weighted by atomic mass is 16.5. The molecule has 0 radical (unpaired) electrons. The smallest absolute Gasteiger partial charge is 0.229 e. The van der Waals surface area contributed by atoms with E-state index in [1.54, 1.807) is 7.11 Å². The van der Waals surface area contributed by atoms with Crippen LogP contribution in [-0.4, -0.2) is 76.2 Å². The van der Waals surface area contributed by atoms with Crippen LogP contribution in [0.4, 0.5) is 11.8 Å². The SMILES string of the molecule is CCn1ncc2c(NCc3ccc(OC)cc3)nc(N3CCN(CCO)CC3)nc21. The van der Waals surface area contributed by atoms with Crippen LogP contribution in [0, 0.1) is 0 Å². The molecule has 1 fully saturated rings. The molecule has 1 aliphatic rings. The van der Waals surface area contributed by atoms with Crippen molar-refractivity contribution in [3.05, 3.63) is 36.0 Å². The average molecular weight is 412 g/mol. The molecule has 3 aromatic rings. The summed E-state index contributed by atoms with van der Waals surface area (Å²) in [6.45, 7) is 7.83. The molecule has 0 atom stereocenters. The van der Waals surface area contributed by atoms with Gasteiger partial charge in [-0.05, 0) is 24.6 Å². The minimum absolute atomic E-state index is 0.192. The zero-order valence-corrected chi connectivity index (χ0v) is 17.6. The number of β-amino-alcohol motifs (C(OH)–C–C–N with tert-alkyl or cyclic N) is 1. The van der Waals surface area contributed by atoms with Gasteiger partial charge in [0.2, 0.25) is 5.95 Å². The van der Waals surface area contributed by atoms with Crippen LogP contribution >= 0.6 is 0 Å². The molecule has 0 unspecified atom stereocenters. The third-order valence-corrected chi connectivity index (χ3v) is 5.47. The van der Waals surface area contributed by atoms with E-state index in [-0.39, 0.29) is 6.61 Å². The van der Waals surface area contributed by atoms with E-state index in [4.69, 9.17) is 19.8 Å². The summed E-state index contributed by atoms with van der Waals surface area (Å²) in [6.07, 6.45) is 1.83. The van der Waals surface area contributed by atoms with Gasteiger partial charge in [0.15, 0.2) is 5.65 Å². The molecule has 160 valence electrons. The van der Waals surface area contributed by atoms with Crippen LogP contribution in [0.2, 0.25) is 0 Å². The van der Waals surface area contributed by atoms with Gasteiger partial charge in [-0.25, -0.2) is 4.68 Å². The van der Waals surface area contributed by atoms with Crippen LogP contribution in [0.25, 0.3) is 11.0 Å². The maximum Gasteiger partial charge on any atom is 0.229 e. The van der Waals surface area contributed by atoms with E-state index in [0.717, 1.165) is 66.8 Å². The second kappa shape index (κ2) is 9.27. The number of aryl methyl sites for hydroxylation is 1. The Morgan fingerprint density at radius 3 is 2.53 bits per heavy atom. The first-order chi connectivity index (χ1) is 14.7. The Bertz CT molecular complexity index is 965. The van der Waals surface area contributed by atoms with E-state index >= 15 is 0 Å². The summed E-state index contributed by atoms with van der Waals surface area (Å²) >= 11 is 0. The minimum Gasteiger partial charge on any atom is -0.497 e. The van der Waals surface area contributed by atoms with Crippen molar-refractivity contribution in [3.63, 3.8) is 0 Å². The molecule has 4 rings (SSSR count). The number of benzene rings is 1. The van der Waals surface area contributed by atoms with Crippen molar-refractivity contribution in [3.8, 4) is 5.75 Å². The van der Waals surface area contributed by atoms with Crippen LogP contribution in [-0.2, 0) is 13.1 Å². The zero-order chi connectivity index (χ0) is 20.9. The van der Waals surface area contributed by atoms with Gasteiger partial charge in [0, 0.05) is 45.8 Å². The molecule has 2 aromatic heterocycles. The number of nitrogens with one attached hydrogen (secondary N) is 1. The number of aromatic nitrogens is 4.